The quantitative estimate of drug-likeness (QED) is 0.875. The third kappa shape index (κ3) is 3.42. The van der Waals surface area contributed by atoms with Gasteiger partial charge < -0.3 is 10.4 Å². The number of nitrogens with one attached hydrogen (secondary N) is 1. The summed E-state index contributed by atoms with van der Waals surface area (Å²) in [6, 6.07) is 7.94. The molecule has 1 aliphatic heterocycles. The largest absolute Gasteiger partial charge is 0.477 e. The number of aromatic carboxylic acids is 1. The molecule has 2 N–H and O–H groups in total. The maximum absolute atomic E-state index is 11.4. The molecule has 2 aromatic rings. The van der Waals surface area contributed by atoms with Gasteiger partial charge in [0.25, 0.3) is 0 Å². The van der Waals surface area contributed by atoms with Crippen LogP contribution in [0.2, 0.25) is 0 Å². The van der Waals surface area contributed by atoms with Gasteiger partial charge in [-0.3, -0.25) is 0 Å². The molecule has 3 nitrogen and oxygen atoms in total. The Morgan fingerprint density at radius 1 is 1.33 bits per heavy atom. The molecular formula is C16H19NO2S2. The molecule has 0 bridgehead atoms. The first-order valence-corrected chi connectivity index (χ1v) is 9.18. The molecule has 2 heterocycles. The summed E-state index contributed by atoms with van der Waals surface area (Å²) in [6.45, 7) is 1.61. The molecule has 1 fully saturated rings. The summed E-state index contributed by atoms with van der Waals surface area (Å²) in [6.07, 6.45) is 3.93. The molecular weight excluding hydrogens is 302 g/mol. The SMILES string of the molecule is O=C(O)c1sc2ccccc2c1CNCC1CCCCS1. The van der Waals surface area contributed by atoms with E-state index >= 15 is 0 Å². The van der Waals surface area contributed by atoms with Crippen LogP contribution in [0.4, 0.5) is 0 Å². The van der Waals surface area contributed by atoms with Crippen molar-refractivity contribution in [3.63, 3.8) is 0 Å². The van der Waals surface area contributed by atoms with E-state index in [0.29, 0.717) is 16.7 Å². The molecule has 0 aliphatic carbocycles. The van der Waals surface area contributed by atoms with Crippen LogP contribution in [0.3, 0.4) is 0 Å². The van der Waals surface area contributed by atoms with Crippen LogP contribution in [0, 0.1) is 0 Å². The average Bonchev–Trinajstić information content (AvgIpc) is 2.88. The zero-order valence-corrected chi connectivity index (χ0v) is 13.4. The van der Waals surface area contributed by atoms with Crippen LogP contribution in [0.5, 0.6) is 0 Å². The zero-order chi connectivity index (χ0) is 14.7. The lowest BCUT2D eigenvalue weighted by molar-refractivity contribution is 0.0701. The molecule has 1 unspecified atom stereocenters. The van der Waals surface area contributed by atoms with E-state index in [4.69, 9.17) is 0 Å². The van der Waals surface area contributed by atoms with Gasteiger partial charge in [0.15, 0.2) is 0 Å². The first-order chi connectivity index (χ1) is 10.3. The van der Waals surface area contributed by atoms with Gasteiger partial charge in [0.1, 0.15) is 4.88 Å². The van der Waals surface area contributed by atoms with Gasteiger partial charge >= 0.3 is 5.97 Å². The van der Waals surface area contributed by atoms with E-state index in [1.165, 1.54) is 36.4 Å². The highest BCUT2D eigenvalue weighted by molar-refractivity contribution is 7.99. The molecule has 1 saturated heterocycles. The number of hydrogen-bond donors (Lipinski definition) is 2. The first-order valence-electron chi connectivity index (χ1n) is 7.31. The topological polar surface area (TPSA) is 49.3 Å². The third-order valence-electron chi connectivity index (χ3n) is 3.84. The molecule has 1 aliphatic rings. The second-order valence-corrected chi connectivity index (χ2v) is 7.79. The van der Waals surface area contributed by atoms with E-state index in [1.807, 2.05) is 36.0 Å². The average molecular weight is 321 g/mol. The van der Waals surface area contributed by atoms with E-state index in [9.17, 15) is 9.90 Å². The van der Waals surface area contributed by atoms with Crippen LogP contribution in [0.25, 0.3) is 10.1 Å². The molecule has 0 amide bonds. The van der Waals surface area contributed by atoms with Crippen molar-refractivity contribution in [3.8, 4) is 0 Å². The van der Waals surface area contributed by atoms with E-state index < -0.39 is 5.97 Å². The predicted octanol–water partition coefficient (Wildman–Crippen LogP) is 3.97. The Morgan fingerprint density at radius 3 is 2.95 bits per heavy atom. The Morgan fingerprint density at radius 2 is 2.19 bits per heavy atom. The fourth-order valence-corrected chi connectivity index (χ4v) is 5.11. The number of rotatable bonds is 5. The predicted molar refractivity (Wildman–Crippen MR) is 90.6 cm³/mol. The lowest BCUT2D eigenvalue weighted by Crippen LogP contribution is -2.26. The molecule has 112 valence electrons. The van der Waals surface area contributed by atoms with E-state index in [2.05, 4.69) is 5.32 Å². The molecule has 1 atom stereocenters. The van der Waals surface area contributed by atoms with Crippen LogP contribution in [-0.4, -0.2) is 28.6 Å². The Labute approximate surface area is 132 Å². The number of hydrogen-bond acceptors (Lipinski definition) is 4. The van der Waals surface area contributed by atoms with Crippen molar-refractivity contribution in [1.82, 2.24) is 5.32 Å². The van der Waals surface area contributed by atoms with Gasteiger partial charge in [0.05, 0.1) is 0 Å². The van der Waals surface area contributed by atoms with Gasteiger partial charge in [-0.25, -0.2) is 4.79 Å². The fraction of sp³-hybridized carbons (Fsp3) is 0.438. The van der Waals surface area contributed by atoms with E-state index in [-0.39, 0.29) is 0 Å². The van der Waals surface area contributed by atoms with Crippen molar-refractivity contribution >= 4 is 39.2 Å². The summed E-state index contributed by atoms with van der Waals surface area (Å²) in [7, 11) is 0. The minimum Gasteiger partial charge on any atom is -0.477 e. The highest BCUT2D eigenvalue weighted by Crippen LogP contribution is 2.31. The summed E-state index contributed by atoms with van der Waals surface area (Å²) < 4.78 is 1.05. The lowest BCUT2D eigenvalue weighted by atomic mass is 10.1. The standard InChI is InChI=1S/C16H19NO2S2/c18-16(19)15-13(12-6-1-2-7-14(12)21-15)10-17-9-11-5-3-4-8-20-11/h1-2,6-7,11,17H,3-5,8-10H2,(H,18,19). The number of carbonyl (C=O) groups is 1. The molecule has 1 aromatic heterocycles. The van der Waals surface area contributed by atoms with Crippen molar-refractivity contribution < 1.29 is 9.90 Å². The van der Waals surface area contributed by atoms with Gasteiger partial charge in [-0.1, -0.05) is 24.6 Å². The molecule has 1 aromatic carbocycles. The molecule has 0 spiro atoms. The number of fused-ring (bicyclic) bond motifs is 1. The van der Waals surface area contributed by atoms with Gasteiger partial charge in [-0.05, 0) is 35.6 Å². The van der Waals surface area contributed by atoms with Crippen molar-refractivity contribution in [2.75, 3.05) is 12.3 Å². The Hall–Kier alpha value is -1.04. The van der Waals surface area contributed by atoms with Crippen LogP contribution in [-0.2, 0) is 6.54 Å². The lowest BCUT2D eigenvalue weighted by Gasteiger charge is -2.21. The summed E-state index contributed by atoms with van der Waals surface area (Å²) in [5, 5.41) is 14.6. The van der Waals surface area contributed by atoms with E-state index in [0.717, 1.165) is 22.2 Å². The van der Waals surface area contributed by atoms with Crippen molar-refractivity contribution in [2.24, 2.45) is 0 Å². The van der Waals surface area contributed by atoms with Gasteiger partial charge in [0.2, 0.25) is 0 Å². The number of thiophene rings is 1. The Bertz CT molecular complexity index is 632. The minimum absolute atomic E-state index is 0.472. The van der Waals surface area contributed by atoms with Crippen LogP contribution >= 0.6 is 23.1 Å². The Balaban J connectivity index is 1.72. The van der Waals surface area contributed by atoms with E-state index in [1.54, 1.807) is 0 Å². The summed E-state index contributed by atoms with van der Waals surface area (Å²) in [5.41, 5.74) is 0.934. The van der Waals surface area contributed by atoms with Crippen LogP contribution in [0.15, 0.2) is 24.3 Å². The van der Waals surface area contributed by atoms with Crippen LogP contribution in [0.1, 0.15) is 34.5 Å². The van der Waals surface area contributed by atoms with Gasteiger partial charge in [-0.15, -0.1) is 11.3 Å². The minimum atomic E-state index is -0.819. The molecule has 5 heteroatoms. The van der Waals surface area contributed by atoms with Crippen molar-refractivity contribution in [1.29, 1.82) is 0 Å². The normalized spacial score (nSPS) is 19.0. The van der Waals surface area contributed by atoms with Crippen LogP contribution < -0.4 is 5.32 Å². The van der Waals surface area contributed by atoms with Gasteiger partial charge in [0, 0.05) is 23.0 Å². The molecule has 0 radical (unpaired) electrons. The smallest absolute Gasteiger partial charge is 0.346 e. The first kappa shape index (κ1) is 14.9. The maximum atomic E-state index is 11.4. The van der Waals surface area contributed by atoms with Crippen molar-refractivity contribution in [3.05, 3.63) is 34.7 Å². The second kappa shape index (κ2) is 6.81. The third-order valence-corrected chi connectivity index (χ3v) is 6.44. The number of thioether (sulfide) groups is 1. The highest BCUT2D eigenvalue weighted by atomic mass is 32.2. The molecule has 3 rings (SSSR count). The number of benzene rings is 1. The Kier molecular flexibility index (Phi) is 4.83. The van der Waals surface area contributed by atoms with Gasteiger partial charge in [-0.2, -0.15) is 11.8 Å². The monoisotopic (exact) mass is 321 g/mol. The zero-order valence-electron chi connectivity index (χ0n) is 11.8. The summed E-state index contributed by atoms with van der Waals surface area (Å²) in [5.74, 6) is 0.439. The summed E-state index contributed by atoms with van der Waals surface area (Å²) >= 11 is 3.41. The highest BCUT2D eigenvalue weighted by Gasteiger charge is 2.18. The molecule has 21 heavy (non-hydrogen) atoms. The molecule has 0 saturated carbocycles. The maximum Gasteiger partial charge on any atom is 0.346 e. The summed E-state index contributed by atoms with van der Waals surface area (Å²) in [4.78, 5) is 11.9. The van der Waals surface area contributed by atoms with Crippen molar-refractivity contribution in [2.45, 2.75) is 31.1 Å². The number of carboxylic acid groups (broad SMARTS) is 1. The second-order valence-electron chi connectivity index (χ2n) is 5.33. The number of carboxylic acids is 1. The fourth-order valence-electron chi connectivity index (χ4n) is 2.77.